The summed E-state index contributed by atoms with van der Waals surface area (Å²) >= 11 is 0. The summed E-state index contributed by atoms with van der Waals surface area (Å²) in [5.74, 6) is 0.812. The van der Waals surface area contributed by atoms with Crippen molar-refractivity contribution in [2.75, 3.05) is 25.5 Å². The maximum atomic E-state index is 8.96. The Morgan fingerprint density at radius 3 is 2.81 bits per heavy atom. The lowest BCUT2D eigenvalue weighted by Crippen LogP contribution is -2.34. The fourth-order valence-corrected chi connectivity index (χ4v) is 3.07. The monoisotopic (exact) mass is 286 g/mol. The smallest absolute Gasteiger partial charge is 0.127 e. The molecule has 1 saturated carbocycles. The Kier molecular flexibility index (Phi) is 6.01. The van der Waals surface area contributed by atoms with Gasteiger partial charge in [-0.25, -0.2) is 4.98 Å². The summed E-state index contributed by atoms with van der Waals surface area (Å²) in [6.45, 7) is 3.94. The summed E-state index contributed by atoms with van der Waals surface area (Å²) in [5.41, 5.74) is 1.56. The Bertz CT molecular complexity index is 486. The second-order valence-corrected chi connectivity index (χ2v) is 6.05. The van der Waals surface area contributed by atoms with Crippen LogP contribution in [0, 0.1) is 18.3 Å². The zero-order chi connectivity index (χ0) is 15.1. The minimum atomic E-state index is 0.671. The Balaban J connectivity index is 1.72. The third kappa shape index (κ3) is 5.02. The summed E-state index contributed by atoms with van der Waals surface area (Å²) in [5, 5.41) is 12.3. The predicted octanol–water partition coefficient (Wildman–Crippen LogP) is 3.33. The van der Waals surface area contributed by atoms with E-state index in [0.29, 0.717) is 5.56 Å². The number of nitriles is 1. The number of nitrogens with one attached hydrogen (secondary N) is 1. The van der Waals surface area contributed by atoms with E-state index in [9.17, 15) is 0 Å². The van der Waals surface area contributed by atoms with Gasteiger partial charge in [-0.2, -0.15) is 5.26 Å². The first-order chi connectivity index (χ1) is 10.2. The van der Waals surface area contributed by atoms with Crippen LogP contribution in [0.25, 0.3) is 0 Å². The molecule has 1 aliphatic carbocycles. The molecule has 2 rings (SSSR count). The van der Waals surface area contributed by atoms with Crippen LogP contribution < -0.4 is 5.32 Å². The lowest BCUT2D eigenvalue weighted by molar-refractivity contribution is 0.191. The minimum Gasteiger partial charge on any atom is -0.370 e. The van der Waals surface area contributed by atoms with Gasteiger partial charge in [0.15, 0.2) is 0 Å². The molecule has 21 heavy (non-hydrogen) atoms. The summed E-state index contributed by atoms with van der Waals surface area (Å²) < 4.78 is 0. The Morgan fingerprint density at radius 1 is 1.33 bits per heavy atom. The van der Waals surface area contributed by atoms with Gasteiger partial charge >= 0.3 is 0 Å². The van der Waals surface area contributed by atoms with Crippen molar-refractivity contribution < 1.29 is 0 Å². The van der Waals surface area contributed by atoms with Gasteiger partial charge in [-0.3, -0.25) is 0 Å². The van der Waals surface area contributed by atoms with Crippen molar-refractivity contribution in [1.29, 1.82) is 5.26 Å². The van der Waals surface area contributed by atoms with Gasteiger partial charge in [-0.05, 0) is 51.9 Å². The van der Waals surface area contributed by atoms with Crippen LogP contribution in [-0.2, 0) is 0 Å². The molecule has 1 aromatic rings. The lowest BCUT2D eigenvalue weighted by atomic mass is 9.94. The first-order valence-corrected chi connectivity index (χ1v) is 8.02. The van der Waals surface area contributed by atoms with E-state index in [1.54, 1.807) is 0 Å². The molecule has 4 nitrogen and oxygen atoms in total. The van der Waals surface area contributed by atoms with Gasteiger partial charge < -0.3 is 10.2 Å². The fraction of sp³-hybridized carbons (Fsp3) is 0.647. The van der Waals surface area contributed by atoms with Crippen molar-refractivity contribution in [3.63, 3.8) is 0 Å². The molecule has 1 heterocycles. The predicted molar refractivity (Wildman–Crippen MR) is 86.3 cm³/mol. The second-order valence-electron chi connectivity index (χ2n) is 6.05. The van der Waals surface area contributed by atoms with Gasteiger partial charge in [0.25, 0.3) is 0 Å². The molecular formula is C17H26N4. The number of aryl methyl sites for hydroxylation is 1. The Labute approximate surface area is 128 Å². The maximum absolute atomic E-state index is 8.96. The van der Waals surface area contributed by atoms with E-state index in [1.165, 1.54) is 32.1 Å². The number of aromatic nitrogens is 1. The standard InChI is InChI=1S/C17H26N4/c1-14-11-15(13-18)12-17(20-14)19-9-6-10-21(2)16-7-4-3-5-8-16/h11-12,16H,3-10H2,1-2H3,(H,19,20). The topological polar surface area (TPSA) is 52.0 Å². The minimum absolute atomic E-state index is 0.671. The average Bonchev–Trinajstić information content (AvgIpc) is 2.51. The number of nitrogens with zero attached hydrogens (tertiary/aromatic N) is 3. The van der Waals surface area contributed by atoms with Crippen molar-refractivity contribution in [1.82, 2.24) is 9.88 Å². The second kappa shape index (κ2) is 7.99. The normalized spacial score (nSPS) is 15.9. The number of anilines is 1. The van der Waals surface area contributed by atoms with Crippen LogP contribution in [0.4, 0.5) is 5.82 Å². The molecule has 0 aliphatic heterocycles. The van der Waals surface area contributed by atoms with E-state index in [4.69, 9.17) is 5.26 Å². The molecule has 0 bridgehead atoms. The largest absolute Gasteiger partial charge is 0.370 e. The SMILES string of the molecule is Cc1cc(C#N)cc(NCCCN(C)C2CCCCC2)n1. The van der Waals surface area contributed by atoms with Crippen LogP contribution in [0.1, 0.15) is 49.8 Å². The van der Waals surface area contributed by atoms with Crippen LogP contribution in [0.2, 0.25) is 0 Å². The third-order valence-electron chi connectivity index (χ3n) is 4.27. The van der Waals surface area contributed by atoms with Crippen molar-refractivity contribution in [2.24, 2.45) is 0 Å². The average molecular weight is 286 g/mol. The van der Waals surface area contributed by atoms with E-state index < -0.39 is 0 Å². The van der Waals surface area contributed by atoms with E-state index in [2.05, 4.69) is 28.3 Å². The first-order valence-electron chi connectivity index (χ1n) is 8.02. The maximum Gasteiger partial charge on any atom is 0.127 e. The quantitative estimate of drug-likeness (QED) is 0.815. The van der Waals surface area contributed by atoms with Crippen molar-refractivity contribution in [3.05, 3.63) is 23.4 Å². The van der Waals surface area contributed by atoms with Gasteiger partial charge in [0.2, 0.25) is 0 Å². The molecule has 1 fully saturated rings. The summed E-state index contributed by atoms with van der Waals surface area (Å²) in [7, 11) is 2.24. The molecule has 1 N–H and O–H groups in total. The first kappa shape index (κ1) is 15.8. The van der Waals surface area contributed by atoms with E-state index in [1.807, 2.05) is 19.1 Å². The van der Waals surface area contributed by atoms with Crippen molar-refractivity contribution in [2.45, 2.75) is 51.5 Å². The molecule has 0 radical (unpaired) electrons. The van der Waals surface area contributed by atoms with Crippen LogP contribution in [0.3, 0.4) is 0 Å². The molecule has 114 valence electrons. The van der Waals surface area contributed by atoms with Gasteiger partial charge in [-0.15, -0.1) is 0 Å². The zero-order valence-electron chi connectivity index (χ0n) is 13.2. The Morgan fingerprint density at radius 2 is 2.10 bits per heavy atom. The molecule has 1 aliphatic rings. The van der Waals surface area contributed by atoms with E-state index >= 15 is 0 Å². The summed E-state index contributed by atoms with van der Waals surface area (Å²) in [4.78, 5) is 6.92. The van der Waals surface area contributed by atoms with Crippen LogP contribution in [0.5, 0.6) is 0 Å². The number of pyridine rings is 1. The van der Waals surface area contributed by atoms with E-state index in [0.717, 1.165) is 37.1 Å². The van der Waals surface area contributed by atoms with Crippen molar-refractivity contribution >= 4 is 5.82 Å². The number of hydrogen-bond donors (Lipinski definition) is 1. The number of hydrogen-bond acceptors (Lipinski definition) is 4. The van der Waals surface area contributed by atoms with Crippen LogP contribution >= 0.6 is 0 Å². The molecule has 0 saturated heterocycles. The Hall–Kier alpha value is -1.60. The highest BCUT2D eigenvalue weighted by molar-refractivity contribution is 5.44. The highest BCUT2D eigenvalue weighted by Crippen LogP contribution is 2.21. The summed E-state index contributed by atoms with van der Waals surface area (Å²) in [6.07, 6.45) is 8.00. The highest BCUT2D eigenvalue weighted by Gasteiger charge is 2.17. The van der Waals surface area contributed by atoms with E-state index in [-0.39, 0.29) is 0 Å². The molecule has 1 aromatic heterocycles. The summed E-state index contributed by atoms with van der Waals surface area (Å²) in [6, 6.07) is 6.58. The van der Waals surface area contributed by atoms with Gasteiger partial charge in [-0.1, -0.05) is 19.3 Å². The van der Waals surface area contributed by atoms with Crippen LogP contribution in [0.15, 0.2) is 12.1 Å². The highest BCUT2D eigenvalue weighted by atomic mass is 15.1. The fourth-order valence-electron chi connectivity index (χ4n) is 3.07. The third-order valence-corrected chi connectivity index (χ3v) is 4.27. The number of rotatable bonds is 6. The molecule has 0 unspecified atom stereocenters. The molecular weight excluding hydrogens is 260 g/mol. The zero-order valence-corrected chi connectivity index (χ0v) is 13.2. The molecule has 4 heteroatoms. The van der Waals surface area contributed by atoms with Gasteiger partial charge in [0.05, 0.1) is 11.6 Å². The molecule has 0 aromatic carbocycles. The molecule has 0 amide bonds. The molecule has 0 spiro atoms. The van der Waals surface area contributed by atoms with Gasteiger partial charge in [0.1, 0.15) is 5.82 Å². The van der Waals surface area contributed by atoms with Crippen molar-refractivity contribution in [3.8, 4) is 6.07 Å². The van der Waals surface area contributed by atoms with Crippen LogP contribution in [-0.4, -0.2) is 36.1 Å². The molecule has 0 atom stereocenters. The van der Waals surface area contributed by atoms with Gasteiger partial charge in [0, 0.05) is 18.3 Å². The lowest BCUT2D eigenvalue weighted by Gasteiger charge is -2.31.